The molecule has 4 amide bonds. The number of rotatable bonds is 6. The molecular weight excluding hydrogens is 468 g/mol. The highest BCUT2D eigenvalue weighted by molar-refractivity contribution is 6.21. The van der Waals surface area contributed by atoms with E-state index >= 15 is 0 Å². The van der Waals surface area contributed by atoms with Gasteiger partial charge in [0.1, 0.15) is 11.8 Å². The summed E-state index contributed by atoms with van der Waals surface area (Å²) in [7, 11) is 1.64. The van der Waals surface area contributed by atoms with E-state index in [0.717, 1.165) is 33.3 Å². The third kappa shape index (κ3) is 4.00. The lowest BCUT2D eigenvalue weighted by atomic mass is 9.95. The Morgan fingerprint density at radius 2 is 1.84 bits per heavy atom. The van der Waals surface area contributed by atoms with Crippen molar-refractivity contribution in [3.8, 4) is 5.75 Å². The van der Waals surface area contributed by atoms with Gasteiger partial charge in [-0.1, -0.05) is 24.3 Å². The number of imide groups is 1. The van der Waals surface area contributed by atoms with Crippen molar-refractivity contribution in [1.29, 1.82) is 0 Å². The number of nitrogens with zero attached hydrogens (tertiary/aromatic N) is 2. The molecule has 3 aromatic carbocycles. The van der Waals surface area contributed by atoms with Gasteiger partial charge in [0.25, 0.3) is 11.8 Å². The fraction of sp³-hybridized carbons (Fsp3) is 0.207. The predicted molar refractivity (Wildman–Crippen MR) is 140 cm³/mol. The second-order valence-corrected chi connectivity index (χ2v) is 9.35. The number of urea groups is 1. The number of nitrogens with one attached hydrogen (secondary N) is 2. The first-order chi connectivity index (χ1) is 18.0. The van der Waals surface area contributed by atoms with Crippen LogP contribution in [0.5, 0.6) is 5.75 Å². The molecule has 0 spiro atoms. The zero-order valence-electron chi connectivity index (χ0n) is 20.4. The highest BCUT2D eigenvalue weighted by atomic mass is 16.5. The summed E-state index contributed by atoms with van der Waals surface area (Å²) >= 11 is 0. The maximum absolute atomic E-state index is 13.1. The van der Waals surface area contributed by atoms with Gasteiger partial charge in [-0.3, -0.25) is 9.59 Å². The molecule has 0 aliphatic carbocycles. The highest BCUT2D eigenvalue weighted by Gasteiger charge is 2.47. The third-order valence-corrected chi connectivity index (χ3v) is 7.23. The summed E-state index contributed by atoms with van der Waals surface area (Å²) in [6.45, 7) is 0.886. The Balaban J connectivity index is 1.10. The van der Waals surface area contributed by atoms with Crippen LogP contribution in [0.3, 0.4) is 0 Å². The number of ether oxygens (including phenoxy) is 1. The van der Waals surface area contributed by atoms with Gasteiger partial charge < -0.3 is 19.9 Å². The van der Waals surface area contributed by atoms with Crippen molar-refractivity contribution in [2.45, 2.75) is 25.4 Å². The largest absolute Gasteiger partial charge is 0.497 e. The van der Waals surface area contributed by atoms with Crippen molar-refractivity contribution in [2.24, 2.45) is 0 Å². The summed E-state index contributed by atoms with van der Waals surface area (Å²) in [4.78, 5) is 45.1. The van der Waals surface area contributed by atoms with Crippen LogP contribution in [0, 0.1) is 0 Å². The number of anilines is 1. The topological polar surface area (TPSA) is 94.7 Å². The number of H-pyrrole nitrogens is 1. The van der Waals surface area contributed by atoms with Crippen LogP contribution in [0.4, 0.5) is 10.5 Å². The predicted octanol–water partition coefficient (Wildman–Crippen LogP) is 4.04. The lowest BCUT2D eigenvalue weighted by Gasteiger charge is -2.28. The first kappa shape index (κ1) is 22.8. The first-order valence-corrected chi connectivity index (χ1v) is 12.3. The van der Waals surface area contributed by atoms with Crippen molar-refractivity contribution >= 4 is 34.4 Å². The molecule has 4 aromatic rings. The highest BCUT2D eigenvalue weighted by Crippen LogP contribution is 2.33. The summed E-state index contributed by atoms with van der Waals surface area (Å²) in [6, 6.07) is 19.5. The van der Waals surface area contributed by atoms with Crippen LogP contribution in [-0.4, -0.2) is 47.4 Å². The maximum Gasteiger partial charge on any atom is 0.332 e. The van der Waals surface area contributed by atoms with E-state index in [1.165, 1.54) is 4.90 Å². The first-order valence-electron chi connectivity index (χ1n) is 12.3. The standard InChI is InChI=1S/C29H26N4O4/c1-37-23-10-11-25-24(15-23)20(16-31-25)12-13-30-27(34)18-6-8-22(9-7-18)33-28(35)26-14-19-4-2-3-5-21(19)17-32(26)29(33)36/h2-11,15-16,26,31H,12-14,17H2,1H3,(H,30,34). The van der Waals surface area contributed by atoms with Gasteiger partial charge in [0, 0.05) is 42.2 Å². The van der Waals surface area contributed by atoms with Crippen LogP contribution in [0.25, 0.3) is 10.9 Å². The van der Waals surface area contributed by atoms with Crippen molar-refractivity contribution < 1.29 is 19.1 Å². The molecule has 1 unspecified atom stereocenters. The van der Waals surface area contributed by atoms with Crippen LogP contribution >= 0.6 is 0 Å². The van der Waals surface area contributed by atoms with Crippen LogP contribution in [-0.2, 0) is 24.2 Å². The van der Waals surface area contributed by atoms with E-state index in [0.29, 0.717) is 37.2 Å². The molecule has 0 radical (unpaired) electrons. The second-order valence-electron chi connectivity index (χ2n) is 9.35. The molecule has 1 aromatic heterocycles. The molecule has 3 heterocycles. The van der Waals surface area contributed by atoms with Gasteiger partial charge in [-0.15, -0.1) is 0 Å². The van der Waals surface area contributed by atoms with E-state index in [2.05, 4.69) is 10.3 Å². The van der Waals surface area contributed by atoms with Crippen LogP contribution in [0.15, 0.2) is 72.9 Å². The van der Waals surface area contributed by atoms with E-state index in [-0.39, 0.29) is 17.8 Å². The second kappa shape index (κ2) is 9.13. The van der Waals surface area contributed by atoms with Crippen molar-refractivity contribution in [1.82, 2.24) is 15.2 Å². The van der Waals surface area contributed by atoms with Gasteiger partial charge in [0.2, 0.25) is 0 Å². The molecule has 0 saturated carbocycles. The molecule has 37 heavy (non-hydrogen) atoms. The SMILES string of the molecule is COc1ccc2[nH]cc(CCNC(=O)c3ccc(N4C(=O)C5Cc6ccccc6CN5C4=O)cc3)c2c1. The number of methoxy groups -OCH3 is 1. The van der Waals surface area contributed by atoms with Crippen molar-refractivity contribution in [3.63, 3.8) is 0 Å². The Bertz CT molecular complexity index is 1480. The smallest absolute Gasteiger partial charge is 0.332 e. The molecule has 0 bridgehead atoms. The van der Waals surface area contributed by atoms with Gasteiger partial charge in [-0.05, 0) is 65.6 Å². The fourth-order valence-corrected chi connectivity index (χ4v) is 5.22. The number of carbonyl (C=O) groups excluding carboxylic acids is 3. The Kier molecular flexibility index (Phi) is 5.64. The molecule has 8 nitrogen and oxygen atoms in total. The zero-order chi connectivity index (χ0) is 25.5. The average Bonchev–Trinajstić information content (AvgIpc) is 3.44. The molecule has 2 aliphatic rings. The average molecular weight is 495 g/mol. The van der Waals surface area contributed by atoms with Crippen LogP contribution in [0.2, 0.25) is 0 Å². The molecular formula is C29H26N4O4. The minimum absolute atomic E-state index is 0.212. The monoisotopic (exact) mass is 494 g/mol. The molecule has 1 saturated heterocycles. The van der Waals surface area contributed by atoms with Gasteiger partial charge in [-0.2, -0.15) is 0 Å². The maximum atomic E-state index is 13.1. The normalized spacial score (nSPS) is 16.6. The Morgan fingerprint density at radius 3 is 2.62 bits per heavy atom. The Morgan fingerprint density at radius 1 is 1.05 bits per heavy atom. The van der Waals surface area contributed by atoms with E-state index in [1.54, 1.807) is 36.3 Å². The van der Waals surface area contributed by atoms with E-state index in [1.807, 2.05) is 48.7 Å². The summed E-state index contributed by atoms with van der Waals surface area (Å²) < 4.78 is 5.32. The third-order valence-electron chi connectivity index (χ3n) is 7.23. The Labute approximate surface area is 213 Å². The number of carbonyl (C=O) groups is 3. The minimum Gasteiger partial charge on any atom is -0.497 e. The van der Waals surface area contributed by atoms with E-state index in [9.17, 15) is 14.4 Å². The number of benzene rings is 3. The van der Waals surface area contributed by atoms with Crippen LogP contribution < -0.4 is 15.0 Å². The number of fused-ring (bicyclic) bond motifs is 3. The van der Waals surface area contributed by atoms with Gasteiger partial charge >= 0.3 is 6.03 Å². The van der Waals surface area contributed by atoms with Gasteiger partial charge in [0.15, 0.2) is 0 Å². The fourth-order valence-electron chi connectivity index (χ4n) is 5.22. The van der Waals surface area contributed by atoms with E-state index < -0.39 is 6.04 Å². The molecule has 2 N–H and O–H groups in total. The van der Waals surface area contributed by atoms with Gasteiger partial charge in [0.05, 0.1) is 12.8 Å². The molecule has 6 rings (SSSR count). The number of amides is 4. The van der Waals surface area contributed by atoms with Crippen molar-refractivity contribution in [2.75, 3.05) is 18.6 Å². The lowest BCUT2D eigenvalue weighted by Crippen LogP contribution is -2.39. The van der Waals surface area contributed by atoms with Crippen molar-refractivity contribution in [3.05, 3.63) is 95.2 Å². The molecule has 2 aliphatic heterocycles. The quantitative estimate of drug-likeness (QED) is 0.396. The summed E-state index contributed by atoms with van der Waals surface area (Å²) in [5, 5.41) is 4.02. The molecule has 186 valence electrons. The summed E-state index contributed by atoms with van der Waals surface area (Å²) in [5.74, 6) is 0.344. The number of hydrogen-bond acceptors (Lipinski definition) is 4. The zero-order valence-corrected chi connectivity index (χ0v) is 20.4. The summed E-state index contributed by atoms with van der Waals surface area (Å²) in [5.41, 5.74) is 5.22. The summed E-state index contributed by atoms with van der Waals surface area (Å²) in [6.07, 6.45) is 3.12. The molecule has 8 heteroatoms. The number of aromatic nitrogens is 1. The lowest BCUT2D eigenvalue weighted by molar-refractivity contribution is -0.120. The minimum atomic E-state index is -0.491. The number of aromatic amines is 1. The van der Waals surface area contributed by atoms with E-state index in [4.69, 9.17) is 4.74 Å². The Hall–Kier alpha value is -4.59. The molecule has 1 atom stereocenters. The number of hydrogen-bond donors (Lipinski definition) is 2. The van der Waals surface area contributed by atoms with Gasteiger partial charge in [-0.25, -0.2) is 9.69 Å². The molecule has 1 fully saturated rings. The van der Waals surface area contributed by atoms with Crippen LogP contribution in [0.1, 0.15) is 27.0 Å².